The van der Waals surface area contributed by atoms with Crippen LogP contribution in [0.1, 0.15) is 18.1 Å². The van der Waals surface area contributed by atoms with E-state index in [0.29, 0.717) is 22.0 Å². The van der Waals surface area contributed by atoms with Crippen LogP contribution in [-0.4, -0.2) is 11.9 Å². The minimum absolute atomic E-state index is 0.153. The largest absolute Gasteiger partial charge is 0.360 e. The summed E-state index contributed by atoms with van der Waals surface area (Å²) in [6.07, 6.45) is 0.471. The second-order valence-corrected chi connectivity index (χ2v) is 7.84. The van der Waals surface area contributed by atoms with Crippen molar-refractivity contribution in [3.05, 3.63) is 60.5 Å². The Kier molecular flexibility index (Phi) is 7.31. The summed E-state index contributed by atoms with van der Waals surface area (Å²) in [6.45, 7) is 4.90. The number of likely N-dealkylation sites (N-methyl/N-ethyl adjacent to an activating group) is 1. The van der Waals surface area contributed by atoms with Crippen LogP contribution < -0.4 is 4.90 Å². The normalized spacial score (nSPS) is 12.3. The molecule has 0 N–H and O–H groups in total. The van der Waals surface area contributed by atoms with E-state index in [1.54, 1.807) is 0 Å². The van der Waals surface area contributed by atoms with Gasteiger partial charge in [-0.2, -0.15) is 12.6 Å². The smallest absolute Gasteiger partial charge is 0.0809 e. The molecule has 0 aromatic heterocycles. The summed E-state index contributed by atoms with van der Waals surface area (Å²) in [5, 5.41) is 1.06. The van der Waals surface area contributed by atoms with Crippen LogP contribution in [0.5, 0.6) is 0 Å². The topological polar surface area (TPSA) is 3.24 Å². The highest BCUT2D eigenvalue weighted by atomic mass is 35.5. The quantitative estimate of drug-likeness (QED) is 0.216. The lowest BCUT2D eigenvalue weighted by Crippen LogP contribution is -2.33. The minimum atomic E-state index is -0.153. The molecule has 1 atom stereocenters. The van der Waals surface area contributed by atoms with Gasteiger partial charge in [0.25, 0.3) is 0 Å². The molecule has 0 spiro atoms. The molecule has 7 heteroatoms. The average molecular weight is 444 g/mol. The Labute approximate surface area is 173 Å². The van der Waals surface area contributed by atoms with Gasteiger partial charge in [0.2, 0.25) is 0 Å². The summed E-state index contributed by atoms with van der Waals surface area (Å²) in [5.74, 6) is 0. The number of hydrogen-bond acceptors (Lipinski definition) is 2. The maximum atomic E-state index is 6.33. The van der Waals surface area contributed by atoms with Gasteiger partial charge in [-0.1, -0.05) is 70.1 Å². The standard InChI is InChI=1S/C17H16Cl5NS/c1-3-23(10-6-4-5-9(2)7-10)12(24)8-11-13(18)15(20)17(22)16(21)14(11)19/h4-7,12,24H,3,8H2,1-2H3. The average Bonchev–Trinajstić information content (AvgIpc) is 2.56. The maximum absolute atomic E-state index is 6.33. The Morgan fingerprint density at radius 2 is 1.50 bits per heavy atom. The van der Waals surface area contributed by atoms with Gasteiger partial charge >= 0.3 is 0 Å². The van der Waals surface area contributed by atoms with Gasteiger partial charge in [0, 0.05) is 18.7 Å². The number of nitrogens with zero attached hydrogens (tertiary/aromatic N) is 1. The van der Waals surface area contributed by atoms with Crippen molar-refractivity contribution in [1.82, 2.24) is 0 Å². The lowest BCUT2D eigenvalue weighted by atomic mass is 10.1. The lowest BCUT2D eigenvalue weighted by Gasteiger charge is -2.30. The molecule has 0 bridgehead atoms. The third-order valence-electron chi connectivity index (χ3n) is 3.72. The van der Waals surface area contributed by atoms with Crippen LogP contribution in [0, 0.1) is 6.92 Å². The van der Waals surface area contributed by atoms with Crippen molar-refractivity contribution in [3.63, 3.8) is 0 Å². The number of hydrogen-bond donors (Lipinski definition) is 1. The molecular weight excluding hydrogens is 428 g/mol. The highest BCUT2D eigenvalue weighted by Crippen LogP contribution is 2.44. The number of rotatable bonds is 5. The van der Waals surface area contributed by atoms with E-state index >= 15 is 0 Å². The zero-order chi connectivity index (χ0) is 18.0. The van der Waals surface area contributed by atoms with Crippen molar-refractivity contribution in [2.45, 2.75) is 25.6 Å². The van der Waals surface area contributed by atoms with Crippen LogP contribution in [0.4, 0.5) is 5.69 Å². The molecule has 0 amide bonds. The molecule has 1 unspecified atom stereocenters. The second-order valence-electron chi connectivity index (χ2n) is 5.36. The van der Waals surface area contributed by atoms with E-state index in [1.165, 1.54) is 5.56 Å². The molecule has 2 rings (SSSR count). The molecular formula is C17H16Cl5NS. The van der Waals surface area contributed by atoms with Crippen molar-refractivity contribution in [3.8, 4) is 0 Å². The molecule has 0 aliphatic heterocycles. The molecule has 0 heterocycles. The summed E-state index contributed by atoms with van der Waals surface area (Å²) in [5.41, 5.74) is 2.90. The zero-order valence-corrected chi connectivity index (χ0v) is 17.8. The van der Waals surface area contributed by atoms with Crippen molar-refractivity contribution in [2.24, 2.45) is 0 Å². The van der Waals surface area contributed by atoms with Crippen LogP contribution >= 0.6 is 70.6 Å². The lowest BCUT2D eigenvalue weighted by molar-refractivity contribution is 0.766. The SMILES string of the molecule is CCN(c1cccc(C)c1)C(S)Cc1c(Cl)c(Cl)c(Cl)c(Cl)c1Cl. The summed E-state index contributed by atoms with van der Waals surface area (Å²) < 4.78 is 0. The van der Waals surface area contributed by atoms with Gasteiger partial charge < -0.3 is 4.90 Å². The monoisotopic (exact) mass is 441 g/mol. The van der Waals surface area contributed by atoms with Gasteiger partial charge in [0.1, 0.15) is 0 Å². The number of anilines is 1. The van der Waals surface area contributed by atoms with Crippen LogP contribution in [0.3, 0.4) is 0 Å². The van der Waals surface area contributed by atoms with Gasteiger partial charge in [-0.15, -0.1) is 0 Å². The van der Waals surface area contributed by atoms with Gasteiger partial charge in [-0.05, 0) is 37.1 Å². The summed E-state index contributed by atoms with van der Waals surface area (Å²) in [7, 11) is 0. The Morgan fingerprint density at radius 1 is 0.958 bits per heavy atom. The molecule has 2 aromatic rings. The fourth-order valence-electron chi connectivity index (χ4n) is 2.49. The third kappa shape index (κ3) is 4.23. The van der Waals surface area contributed by atoms with E-state index in [9.17, 15) is 0 Å². The Bertz CT molecular complexity index is 721. The van der Waals surface area contributed by atoms with Crippen LogP contribution in [0.15, 0.2) is 24.3 Å². The first-order valence-corrected chi connectivity index (χ1v) is 9.70. The number of benzene rings is 2. The van der Waals surface area contributed by atoms with Crippen molar-refractivity contribution >= 4 is 76.3 Å². The van der Waals surface area contributed by atoms with Crippen LogP contribution in [0.2, 0.25) is 25.1 Å². The molecule has 0 aliphatic rings. The van der Waals surface area contributed by atoms with E-state index in [4.69, 9.17) is 70.6 Å². The molecule has 0 saturated carbocycles. The zero-order valence-electron chi connectivity index (χ0n) is 13.1. The fraction of sp³-hybridized carbons (Fsp3) is 0.294. The van der Waals surface area contributed by atoms with Crippen molar-refractivity contribution in [1.29, 1.82) is 0 Å². The second kappa shape index (κ2) is 8.62. The van der Waals surface area contributed by atoms with Gasteiger partial charge in [-0.25, -0.2) is 0 Å². The number of halogens is 5. The predicted molar refractivity (Wildman–Crippen MR) is 112 cm³/mol. The van der Waals surface area contributed by atoms with E-state index < -0.39 is 0 Å². The molecule has 130 valence electrons. The first-order chi connectivity index (χ1) is 11.3. The van der Waals surface area contributed by atoms with Gasteiger partial charge in [0.15, 0.2) is 0 Å². The van der Waals surface area contributed by atoms with E-state index in [0.717, 1.165) is 12.2 Å². The number of thiol groups is 1. The van der Waals surface area contributed by atoms with E-state index in [2.05, 4.69) is 30.9 Å². The first kappa shape index (κ1) is 20.4. The van der Waals surface area contributed by atoms with Gasteiger partial charge in [-0.3, -0.25) is 0 Å². The van der Waals surface area contributed by atoms with Gasteiger partial charge in [0.05, 0.1) is 30.5 Å². The first-order valence-electron chi connectivity index (χ1n) is 7.29. The highest BCUT2D eigenvalue weighted by Gasteiger charge is 2.23. The molecule has 2 aromatic carbocycles. The summed E-state index contributed by atoms with van der Waals surface area (Å²) in [4.78, 5) is 2.15. The molecule has 0 fully saturated rings. The molecule has 24 heavy (non-hydrogen) atoms. The summed E-state index contributed by atoms with van der Waals surface area (Å²) in [6, 6.07) is 8.23. The Hall–Kier alpha value is 0.0400. The fourth-order valence-corrected chi connectivity index (χ4v) is 4.31. The predicted octanol–water partition coefficient (Wildman–Crippen LogP) is 7.59. The minimum Gasteiger partial charge on any atom is -0.360 e. The number of aryl methyl sites for hydroxylation is 1. The molecule has 0 radical (unpaired) electrons. The van der Waals surface area contributed by atoms with E-state index in [1.807, 2.05) is 12.1 Å². The highest BCUT2D eigenvalue weighted by molar-refractivity contribution is 7.81. The van der Waals surface area contributed by atoms with E-state index in [-0.39, 0.29) is 20.4 Å². The Balaban J connectivity index is 2.36. The molecule has 1 nitrogen and oxygen atoms in total. The maximum Gasteiger partial charge on any atom is 0.0809 e. The third-order valence-corrected chi connectivity index (χ3v) is 6.54. The van der Waals surface area contributed by atoms with Crippen molar-refractivity contribution < 1.29 is 0 Å². The van der Waals surface area contributed by atoms with Crippen molar-refractivity contribution in [2.75, 3.05) is 11.4 Å². The summed E-state index contributed by atoms with van der Waals surface area (Å²) >= 11 is 35.7. The molecule has 0 aliphatic carbocycles. The molecule has 0 saturated heterocycles. The van der Waals surface area contributed by atoms with Crippen LogP contribution in [-0.2, 0) is 6.42 Å². The van der Waals surface area contributed by atoms with Crippen LogP contribution in [0.25, 0.3) is 0 Å². The Morgan fingerprint density at radius 3 is 2.00 bits per heavy atom.